The van der Waals surface area contributed by atoms with Crippen LogP contribution in [0.1, 0.15) is 16.7 Å². The monoisotopic (exact) mass is 623 g/mol. The summed E-state index contributed by atoms with van der Waals surface area (Å²) < 4.78 is 12.1. The van der Waals surface area contributed by atoms with Crippen molar-refractivity contribution in [1.29, 1.82) is 0 Å². The third-order valence-corrected chi connectivity index (χ3v) is 7.84. The van der Waals surface area contributed by atoms with Gasteiger partial charge in [0.25, 0.3) is 17.1 Å². The van der Waals surface area contributed by atoms with Crippen molar-refractivity contribution in [3.05, 3.63) is 86.7 Å². The topological polar surface area (TPSA) is 114 Å². The zero-order chi connectivity index (χ0) is 28.8. The second-order valence-electron chi connectivity index (χ2n) is 8.77. The Hall–Kier alpha value is -4.09. The zero-order valence-electron chi connectivity index (χ0n) is 21.9. The third-order valence-electron chi connectivity index (χ3n) is 6.07. The fourth-order valence-electron chi connectivity index (χ4n) is 3.80. The van der Waals surface area contributed by atoms with Crippen molar-refractivity contribution < 1.29 is 28.7 Å². The second kappa shape index (κ2) is 12.8. The van der Waals surface area contributed by atoms with Gasteiger partial charge in [-0.15, -0.1) is 0 Å². The molecule has 1 heterocycles. The summed E-state index contributed by atoms with van der Waals surface area (Å²) in [6, 6.07) is 17.4. The standard InChI is InChI=1S/C29H26BrN3O6S/c1-17-18(2)22(11-10-21(17)30)32-27(35)16-39-23-12-9-19(13-24(23)38-3)14-25-28(36)33(29(37)40-25)15-26(34)31-20-7-5-4-6-8-20/h4-14H,15-16H2,1-3H3,(H,31,34)(H,32,35)/b25-14-. The Labute approximate surface area is 244 Å². The van der Waals surface area contributed by atoms with E-state index in [2.05, 4.69) is 26.6 Å². The van der Waals surface area contributed by atoms with E-state index in [1.54, 1.807) is 42.5 Å². The molecular formula is C29H26BrN3O6S. The Balaban J connectivity index is 1.39. The number of carbonyl (C=O) groups excluding carboxylic acids is 4. The lowest BCUT2D eigenvalue weighted by atomic mass is 10.1. The minimum atomic E-state index is -0.562. The van der Waals surface area contributed by atoms with Gasteiger partial charge in [0.2, 0.25) is 5.91 Å². The van der Waals surface area contributed by atoms with E-state index in [-0.39, 0.29) is 17.4 Å². The molecule has 0 aliphatic carbocycles. The molecule has 1 saturated heterocycles. The Morgan fingerprint density at radius 3 is 2.42 bits per heavy atom. The van der Waals surface area contributed by atoms with Crippen molar-refractivity contribution in [2.24, 2.45) is 0 Å². The molecule has 11 heteroatoms. The van der Waals surface area contributed by atoms with Gasteiger partial charge in [0.15, 0.2) is 18.1 Å². The number of amides is 4. The summed E-state index contributed by atoms with van der Waals surface area (Å²) in [5, 5.41) is 4.97. The molecule has 1 fully saturated rings. The molecule has 0 spiro atoms. The van der Waals surface area contributed by atoms with Gasteiger partial charge in [-0.05, 0) is 84.8 Å². The van der Waals surface area contributed by atoms with Gasteiger partial charge in [0, 0.05) is 15.8 Å². The number of benzene rings is 3. The van der Waals surface area contributed by atoms with Crippen molar-refractivity contribution in [3.63, 3.8) is 0 Å². The van der Waals surface area contributed by atoms with Crippen LogP contribution in [-0.4, -0.2) is 48.1 Å². The van der Waals surface area contributed by atoms with Gasteiger partial charge in [0.1, 0.15) is 6.54 Å². The Morgan fingerprint density at radius 2 is 1.70 bits per heavy atom. The molecule has 4 rings (SSSR count). The largest absolute Gasteiger partial charge is 0.493 e. The van der Waals surface area contributed by atoms with E-state index in [1.807, 2.05) is 32.0 Å². The van der Waals surface area contributed by atoms with Crippen LogP contribution < -0.4 is 20.1 Å². The van der Waals surface area contributed by atoms with Crippen LogP contribution in [0.5, 0.6) is 11.5 Å². The highest BCUT2D eigenvalue weighted by Gasteiger charge is 2.36. The van der Waals surface area contributed by atoms with Crippen molar-refractivity contribution in [1.82, 2.24) is 4.90 Å². The van der Waals surface area contributed by atoms with Crippen molar-refractivity contribution in [2.45, 2.75) is 13.8 Å². The van der Waals surface area contributed by atoms with Gasteiger partial charge in [0.05, 0.1) is 12.0 Å². The number of para-hydroxylation sites is 1. The molecule has 0 aromatic heterocycles. The molecule has 0 bridgehead atoms. The number of halogens is 1. The van der Waals surface area contributed by atoms with Crippen LogP contribution in [-0.2, 0) is 14.4 Å². The van der Waals surface area contributed by atoms with E-state index in [0.717, 1.165) is 32.3 Å². The average molecular weight is 625 g/mol. The van der Waals surface area contributed by atoms with Crippen molar-refractivity contribution in [3.8, 4) is 11.5 Å². The first-order chi connectivity index (χ1) is 19.2. The summed E-state index contributed by atoms with van der Waals surface area (Å²) in [5.74, 6) is -0.691. The van der Waals surface area contributed by atoms with Crippen LogP contribution in [0.2, 0.25) is 0 Å². The smallest absolute Gasteiger partial charge is 0.294 e. The summed E-state index contributed by atoms with van der Waals surface area (Å²) >= 11 is 4.23. The number of rotatable bonds is 9. The molecule has 0 atom stereocenters. The molecule has 1 aliphatic heterocycles. The van der Waals surface area contributed by atoms with E-state index in [0.29, 0.717) is 28.4 Å². The van der Waals surface area contributed by atoms with Crippen LogP contribution in [0, 0.1) is 13.8 Å². The molecular weight excluding hydrogens is 598 g/mol. The van der Waals surface area contributed by atoms with Crippen LogP contribution in [0.25, 0.3) is 6.08 Å². The number of carbonyl (C=O) groups is 4. The first kappa shape index (κ1) is 28.9. The summed E-state index contributed by atoms with van der Waals surface area (Å²) in [6.07, 6.45) is 1.54. The van der Waals surface area contributed by atoms with Crippen LogP contribution in [0.3, 0.4) is 0 Å². The molecule has 9 nitrogen and oxygen atoms in total. The molecule has 206 valence electrons. The first-order valence-electron chi connectivity index (χ1n) is 12.1. The zero-order valence-corrected chi connectivity index (χ0v) is 24.4. The van der Waals surface area contributed by atoms with E-state index < -0.39 is 23.6 Å². The molecule has 4 amide bonds. The van der Waals surface area contributed by atoms with E-state index in [1.165, 1.54) is 13.2 Å². The summed E-state index contributed by atoms with van der Waals surface area (Å²) in [6.45, 7) is 3.25. The highest BCUT2D eigenvalue weighted by molar-refractivity contribution is 9.10. The maximum Gasteiger partial charge on any atom is 0.294 e. The van der Waals surface area contributed by atoms with E-state index in [4.69, 9.17) is 9.47 Å². The number of ether oxygens (including phenoxy) is 2. The Bertz CT molecular complexity index is 1510. The van der Waals surface area contributed by atoms with Crippen LogP contribution in [0.4, 0.5) is 16.2 Å². The molecule has 3 aromatic carbocycles. The number of thioether (sulfide) groups is 1. The predicted molar refractivity (Wildman–Crippen MR) is 158 cm³/mol. The highest BCUT2D eigenvalue weighted by Crippen LogP contribution is 2.34. The fourth-order valence-corrected chi connectivity index (χ4v) is 5.07. The number of hydrogen-bond acceptors (Lipinski definition) is 7. The second-order valence-corrected chi connectivity index (χ2v) is 10.6. The SMILES string of the molecule is COc1cc(/C=C2\SC(=O)N(CC(=O)Nc3ccccc3)C2=O)ccc1OCC(=O)Nc1ccc(Br)c(C)c1C. The Morgan fingerprint density at radius 1 is 0.950 bits per heavy atom. The maximum atomic E-state index is 12.9. The molecule has 40 heavy (non-hydrogen) atoms. The number of nitrogens with one attached hydrogen (secondary N) is 2. The van der Waals surface area contributed by atoms with E-state index in [9.17, 15) is 19.2 Å². The number of hydrogen-bond donors (Lipinski definition) is 2. The lowest BCUT2D eigenvalue weighted by molar-refractivity contribution is -0.127. The summed E-state index contributed by atoms with van der Waals surface area (Å²) in [4.78, 5) is 51.2. The lowest BCUT2D eigenvalue weighted by Gasteiger charge is -2.14. The molecule has 0 radical (unpaired) electrons. The normalized spacial score (nSPS) is 13.9. The number of anilines is 2. The molecule has 0 saturated carbocycles. The third kappa shape index (κ3) is 6.91. The van der Waals surface area contributed by atoms with Crippen LogP contribution >= 0.6 is 27.7 Å². The van der Waals surface area contributed by atoms with Gasteiger partial charge in [-0.25, -0.2) is 0 Å². The minimum absolute atomic E-state index is 0.174. The van der Waals surface area contributed by atoms with E-state index >= 15 is 0 Å². The Kier molecular flexibility index (Phi) is 9.28. The van der Waals surface area contributed by atoms with Crippen molar-refractivity contribution in [2.75, 3.05) is 30.9 Å². The fraction of sp³-hybridized carbons (Fsp3) is 0.172. The number of methoxy groups -OCH3 is 1. The van der Waals surface area contributed by atoms with Gasteiger partial charge in [-0.1, -0.05) is 40.2 Å². The molecule has 3 aromatic rings. The van der Waals surface area contributed by atoms with Gasteiger partial charge in [-0.2, -0.15) is 0 Å². The first-order valence-corrected chi connectivity index (χ1v) is 13.7. The molecule has 0 unspecified atom stereocenters. The molecule has 2 N–H and O–H groups in total. The van der Waals surface area contributed by atoms with Gasteiger partial charge >= 0.3 is 0 Å². The number of nitrogens with zero attached hydrogens (tertiary/aromatic N) is 1. The van der Waals surface area contributed by atoms with Gasteiger partial charge in [-0.3, -0.25) is 24.1 Å². The average Bonchev–Trinajstić information content (AvgIpc) is 3.20. The van der Waals surface area contributed by atoms with Crippen molar-refractivity contribution >= 4 is 68.1 Å². The minimum Gasteiger partial charge on any atom is -0.493 e. The molecule has 1 aliphatic rings. The maximum absolute atomic E-state index is 12.9. The summed E-state index contributed by atoms with van der Waals surface area (Å²) in [7, 11) is 1.46. The summed E-state index contributed by atoms with van der Waals surface area (Å²) in [5.41, 5.74) is 3.83. The lowest BCUT2D eigenvalue weighted by Crippen LogP contribution is -2.36. The van der Waals surface area contributed by atoms with Crippen LogP contribution in [0.15, 0.2) is 70.0 Å². The quantitative estimate of drug-likeness (QED) is 0.291. The highest BCUT2D eigenvalue weighted by atomic mass is 79.9. The number of imide groups is 1. The van der Waals surface area contributed by atoms with Gasteiger partial charge < -0.3 is 20.1 Å². The predicted octanol–water partition coefficient (Wildman–Crippen LogP) is 5.77.